The smallest absolute Gasteiger partial charge is 0.119 e. The van der Waals surface area contributed by atoms with E-state index in [1.807, 2.05) is 24.3 Å². The van der Waals surface area contributed by atoms with Crippen LogP contribution in [0.15, 0.2) is 41.7 Å². The lowest BCUT2D eigenvalue weighted by Crippen LogP contribution is -1.89. The van der Waals surface area contributed by atoms with Gasteiger partial charge in [-0.1, -0.05) is 6.92 Å². The number of nitrogens with zero attached hydrogens (tertiary/aromatic N) is 3. The third kappa shape index (κ3) is 2.53. The average molecular weight is 217 g/mol. The highest BCUT2D eigenvalue weighted by atomic mass is 32.2. The molecule has 0 radical (unpaired) electrons. The summed E-state index contributed by atoms with van der Waals surface area (Å²) in [5, 5.41) is 9.25. The topological polar surface area (TPSA) is 38.7 Å². The van der Waals surface area contributed by atoms with E-state index in [0.717, 1.165) is 22.0 Å². The molecule has 0 saturated carbocycles. The maximum atomic E-state index is 4.16. The Kier molecular flexibility index (Phi) is 3.29. The number of rotatable bonds is 3. The number of thioether (sulfide) groups is 1. The van der Waals surface area contributed by atoms with Gasteiger partial charge in [-0.3, -0.25) is 4.98 Å². The Bertz CT molecular complexity index is 414. The maximum Gasteiger partial charge on any atom is 0.119 e. The van der Waals surface area contributed by atoms with Crippen LogP contribution in [-0.2, 0) is 0 Å². The zero-order chi connectivity index (χ0) is 10.5. The highest BCUT2D eigenvalue weighted by Crippen LogP contribution is 2.18. The van der Waals surface area contributed by atoms with Crippen LogP contribution in [0, 0.1) is 0 Å². The summed E-state index contributed by atoms with van der Waals surface area (Å²) >= 11 is 1.69. The van der Waals surface area contributed by atoms with Crippen LogP contribution in [-0.4, -0.2) is 20.9 Å². The van der Waals surface area contributed by atoms with E-state index in [9.17, 15) is 0 Å². The molecule has 0 fully saturated rings. The lowest BCUT2D eigenvalue weighted by Gasteiger charge is -2.00. The molecular weight excluding hydrogens is 206 g/mol. The van der Waals surface area contributed by atoms with Crippen LogP contribution < -0.4 is 0 Å². The van der Waals surface area contributed by atoms with Crippen molar-refractivity contribution >= 4 is 11.8 Å². The summed E-state index contributed by atoms with van der Waals surface area (Å²) in [6.45, 7) is 2.10. The summed E-state index contributed by atoms with van der Waals surface area (Å²) in [6.07, 6.45) is 3.54. The molecule has 0 atom stereocenters. The standard InChI is InChI=1S/C11H11N3S/c1-2-15-11-6-5-10(13-14-11)9-4-3-7-12-8-9/h3-8H,2H2,1H3. The van der Waals surface area contributed by atoms with Crippen molar-refractivity contribution in [3.63, 3.8) is 0 Å². The number of pyridine rings is 1. The summed E-state index contributed by atoms with van der Waals surface area (Å²) in [5.41, 5.74) is 1.86. The van der Waals surface area contributed by atoms with Crippen molar-refractivity contribution in [2.24, 2.45) is 0 Å². The molecule has 0 aliphatic heterocycles. The molecule has 2 rings (SSSR count). The van der Waals surface area contributed by atoms with Crippen molar-refractivity contribution in [3.05, 3.63) is 36.7 Å². The minimum atomic E-state index is 0.864. The summed E-state index contributed by atoms with van der Waals surface area (Å²) in [5.74, 6) is 1.01. The zero-order valence-corrected chi connectivity index (χ0v) is 9.24. The molecule has 0 N–H and O–H groups in total. The van der Waals surface area contributed by atoms with E-state index in [1.54, 1.807) is 24.2 Å². The van der Waals surface area contributed by atoms with Gasteiger partial charge in [0.2, 0.25) is 0 Å². The van der Waals surface area contributed by atoms with Crippen LogP contribution in [0.5, 0.6) is 0 Å². The van der Waals surface area contributed by atoms with Crippen molar-refractivity contribution < 1.29 is 0 Å². The molecule has 15 heavy (non-hydrogen) atoms. The monoisotopic (exact) mass is 217 g/mol. The van der Waals surface area contributed by atoms with E-state index < -0.39 is 0 Å². The summed E-state index contributed by atoms with van der Waals surface area (Å²) in [6, 6.07) is 7.83. The minimum Gasteiger partial charge on any atom is -0.264 e. The molecule has 76 valence electrons. The number of hydrogen-bond donors (Lipinski definition) is 0. The number of aromatic nitrogens is 3. The third-order valence-corrected chi connectivity index (χ3v) is 2.69. The minimum absolute atomic E-state index is 0.864. The maximum absolute atomic E-state index is 4.16. The Morgan fingerprint density at radius 3 is 2.73 bits per heavy atom. The Morgan fingerprint density at radius 1 is 1.20 bits per heavy atom. The molecule has 0 aliphatic rings. The van der Waals surface area contributed by atoms with Crippen molar-refractivity contribution in [2.45, 2.75) is 11.9 Å². The second-order valence-corrected chi connectivity index (χ2v) is 4.22. The molecule has 0 aromatic carbocycles. The van der Waals surface area contributed by atoms with E-state index in [0.29, 0.717) is 0 Å². The summed E-state index contributed by atoms with van der Waals surface area (Å²) in [4.78, 5) is 4.05. The molecule has 0 spiro atoms. The Morgan fingerprint density at radius 2 is 2.13 bits per heavy atom. The van der Waals surface area contributed by atoms with Gasteiger partial charge in [0.25, 0.3) is 0 Å². The molecule has 0 amide bonds. The van der Waals surface area contributed by atoms with Gasteiger partial charge in [0.15, 0.2) is 0 Å². The van der Waals surface area contributed by atoms with Crippen LogP contribution in [0.4, 0.5) is 0 Å². The van der Waals surface area contributed by atoms with Gasteiger partial charge in [-0.05, 0) is 30.0 Å². The fourth-order valence-corrected chi connectivity index (χ4v) is 1.77. The van der Waals surface area contributed by atoms with E-state index in [1.165, 1.54) is 0 Å². The predicted molar refractivity (Wildman–Crippen MR) is 61.7 cm³/mol. The molecule has 0 saturated heterocycles. The summed E-state index contributed by atoms with van der Waals surface area (Å²) in [7, 11) is 0. The third-order valence-electron chi connectivity index (χ3n) is 1.89. The fraction of sp³-hybridized carbons (Fsp3) is 0.182. The van der Waals surface area contributed by atoms with Gasteiger partial charge < -0.3 is 0 Å². The van der Waals surface area contributed by atoms with Crippen LogP contribution >= 0.6 is 11.8 Å². The zero-order valence-electron chi connectivity index (χ0n) is 8.42. The van der Waals surface area contributed by atoms with Crippen molar-refractivity contribution in [1.82, 2.24) is 15.2 Å². The van der Waals surface area contributed by atoms with E-state index in [4.69, 9.17) is 0 Å². The van der Waals surface area contributed by atoms with Crippen LogP contribution in [0.2, 0.25) is 0 Å². The van der Waals surface area contributed by atoms with Gasteiger partial charge in [0.1, 0.15) is 5.03 Å². The largest absolute Gasteiger partial charge is 0.264 e. The van der Waals surface area contributed by atoms with Gasteiger partial charge in [-0.25, -0.2) is 0 Å². The Hall–Kier alpha value is -1.42. The molecule has 3 nitrogen and oxygen atoms in total. The first kappa shape index (κ1) is 10.1. The Labute approximate surface area is 93.0 Å². The van der Waals surface area contributed by atoms with Gasteiger partial charge in [-0.15, -0.1) is 22.0 Å². The highest BCUT2D eigenvalue weighted by molar-refractivity contribution is 7.99. The molecular formula is C11H11N3S. The molecule has 2 aromatic heterocycles. The van der Waals surface area contributed by atoms with E-state index in [-0.39, 0.29) is 0 Å². The lowest BCUT2D eigenvalue weighted by atomic mass is 10.2. The summed E-state index contributed by atoms with van der Waals surface area (Å²) < 4.78 is 0. The second-order valence-electron chi connectivity index (χ2n) is 2.93. The first-order valence-electron chi connectivity index (χ1n) is 4.77. The van der Waals surface area contributed by atoms with Crippen LogP contribution in [0.1, 0.15) is 6.92 Å². The predicted octanol–water partition coefficient (Wildman–Crippen LogP) is 2.65. The second kappa shape index (κ2) is 4.89. The SMILES string of the molecule is CCSc1ccc(-c2cccnc2)nn1. The Balaban J connectivity index is 2.24. The fourth-order valence-electron chi connectivity index (χ4n) is 1.21. The average Bonchev–Trinajstić information content (AvgIpc) is 2.32. The van der Waals surface area contributed by atoms with Crippen molar-refractivity contribution in [3.8, 4) is 11.3 Å². The normalized spacial score (nSPS) is 10.2. The lowest BCUT2D eigenvalue weighted by molar-refractivity contribution is 0.935. The van der Waals surface area contributed by atoms with Gasteiger partial charge in [-0.2, -0.15) is 0 Å². The van der Waals surface area contributed by atoms with Crippen molar-refractivity contribution in [1.29, 1.82) is 0 Å². The molecule has 0 unspecified atom stereocenters. The first-order valence-corrected chi connectivity index (χ1v) is 5.75. The highest BCUT2D eigenvalue weighted by Gasteiger charge is 2.00. The van der Waals surface area contributed by atoms with Gasteiger partial charge in [0.05, 0.1) is 5.69 Å². The molecule has 2 heterocycles. The van der Waals surface area contributed by atoms with Crippen LogP contribution in [0.25, 0.3) is 11.3 Å². The van der Waals surface area contributed by atoms with Crippen molar-refractivity contribution in [2.75, 3.05) is 5.75 Å². The molecule has 0 bridgehead atoms. The molecule has 0 aliphatic carbocycles. The molecule has 2 aromatic rings. The van der Waals surface area contributed by atoms with Crippen LogP contribution in [0.3, 0.4) is 0 Å². The van der Waals surface area contributed by atoms with E-state index in [2.05, 4.69) is 22.1 Å². The molecule has 4 heteroatoms. The van der Waals surface area contributed by atoms with E-state index >= 15 is 0 Å². The number of hydrogen-bond acceptors (Lipinski definition) is 4. The van der Waals surface area contributed by atoms with Gasteiger partial charge in [0, 0.05) is 18.0 Å². The first-order chi connectivity index (χ1) is 7.40. The van der Waals surface area contributed by atoms with Gasteiger partial charge >= 0.3 is 0 Å². The quantitative estimate of drug-likeness (QED) is 0.741.